The average Bonchev–Trinajstić information content (AvgIpc) is 3.13. The number of benzene rings is 2. The predicted molar refractivity (Wildman–Crippen MR) is 109 cm³/mol. The summed E-state index contributed by atoms with van der Waals surface area (Å²) in [4.78, 5) is 23.5. The van der Waals surface area contributed by atoms with Crippen LogP contribution in [0.1, 0.15) is 43.7 Å². The van der Waals surface area contributed by atoms with Gasteiger partial charge in [-0.15, -0.1) is 0 Å². The number of nitrogens with one attached hydrogen (secondary N) is 1. The number of hydrogen-bond acceptors (Lipinski definition) is 4. The molecule has 27 heavy (non-hydrogen) atoms. The number of para-hydroxylation sites is 1. The summed E-state index contributed by atoms with van der Waals surface area (Å²) >= 11 is 1.51. The first kappa shape index (κ1) is 17.0. The van der Waals surface area contributed by atoms with Gasteiger partial charge in [-0.2, -0.15) is 0 Å². The van der Waals surface area contributed by atoms with Crippen LogP contribution in [0, 0.1) is 0 Å². The van der Waals surface area contributed by atoms with Gasteiger partial charge in [-0.05, 0) is 62.1 Å². The lowest BCUT2D eigenvalue weighted by Crippen LogP contribution is -2.35. The maximum absolute atomic E-state index is 12.2. The molecule has 1 aromatic heterocycles. The van der Waals surface area contributed by atoms with Crippen molar-refractivity contribution in [2.75, 3.05) is 6.54 Å². The zero-order chi connectivity index (χ0) is 18.2. The smallest absolute Gasteiger partial charge is 0.259 e. The molecule has 0 unspecified atom stereocenters. The van der Waals surface area contributed by atoms with E-state index in [1.54, 1.807) is 6.07 Å². The highest BCUT2D eigenvalue weighted by molar-refractivity contribution is 7.99. The highest BCUT2D eigenvalue weighted by Gasteiger charge is 2.35. The summed E-state index contributed by atoms with van der Waals surface area (Å²) in [6, 6.07) is 17.7. The van der Waals surface area contributed by atoms with Gasteiger partial charge in [0, 0.05) is 17.0 Å². The van der Waals surface area contributed by atoms with E-state index in [1.165, 1.54) is 56.0 Å². The summed E-state index contributed by atoms with van der Waals surface area (Å²) in [7, 11) is 0. The minimum Gasteiger partial charge on any atom is -0.301 e. The Morgan fingerprint density at radius 2 is 1.85 bits per heavy atom. The average molecular weight is 378 g/mol. The summed E-state index contributed by atoms with van der Waals surface area (Å²) in [6.45, 7) is 1.24. The van der Waals surface area contributed by atoms with E-state index in [9.17, 15) is 4.79 Å². The minimum absolute atomic E-state index is 0.0817. The van der Waals surface area contributed by atoms with Crippen LogP contribution in [0.15, 0.2) is 63.4 Å². The molecule has 0 amide bonds. The molecule has 0 spiro atoms. The van der Waals surface area contributed by atoms with Crippen LogP contribution in [-0.2, 0) is 0 Å². The Balaban J connectivity index is 1.36. The first-order valence-corrected chi connectivity index (χ1v) is 10.6. The van der Waals surface area contributed by atoms with Crippen molar-refractivity contribution in [1.82, 2.24) is 14.9 Å². The van der Waals surface area contributed by atoms with E-state index in [1.807, 2.05) is 18.2 Å². The van der Waals surface area contributed by atoms with Crippen molar-refractivity contribution in [3.8, 4) is 0 Å². The largest absolute Gasteiger partial charge is 0.301 e. The molecule has 2 aliphatic heterocycles. The van der Waals surface area contributed by atoms with Crippen molar-refractivity contribution in [2.24, 2.45) is 0 Å². The summed E-state index contributed by atoms with van der Waals surface area (Å²) in [6.07, 6.45) is 6.70. The van der Waals surface area contributed by atoms with E-state index in [0.29, 0.717) is 16.6 Å². The number of H-pyrrole nitrogens is 1. The van der Waals surface area contributed by atoms with Gasteiger partial charge in [-0.3, -0.25) is 9.69 Å². The molecule has 138 valence electrons. The molecule has 0 radical (unpaired) electrons. The Morgan fingerprint density at radius 1 is 1.00 bits per heavy atom. The Labute approximate surface area is 163 Å². The molecular formula is C22H23N3OS. The summed E-state index contributed by atoms with van der Waals surface area (Å²) in [5.41, 5.74) is 2.08. The van der Waals surface area contributed by atoms with E-state index in [2.05, 4.69) is 39.1 Å². The van der Waals surface area contributed by atoms with E-state index in [0.717, 1.165) is 16.5 Å². The first-order valence-electron chi connectivity index (χ1n) is 9.80. The molecule has 4 nitrogen and oxygen atoms in total. The number of nitrogens with zero attached hydrogens (tertiary/aromatic N) is 2. The number of rotatable bonds is 3. The van der Waals surface area contributed by atoms with E-state index < -0.39 is 0 Å². The third-order valence-corrected chi connectivity index (χ3v) is 6.81. The molecule has 0 bridgehead atoms. The second kappa shape index (κ2) is 7.13. The summed E-state index contributed by atoms with van der Waals surface area (Å²) in [5.74, 6) is 0. The van der Waals surface area contributed by atoms with Gasteiger partial charge in [0.15, 0.2) is 5.16 Å². The van der Waals surface area contributed by atoms with Crippen LogP contribution in [0.4, 0.5) is 0 Å². The molecule has 5 heteroatoms. The molecule has 2 fully saturated rings. The van der Waals surface area contributed by atoms with Crippen LogP contribution >= 0.6 is 11.8 Å². The standard InChI is InChI=1S/C22H23N3OS/c26-21-18-6-1-2-7-19(18)23-22(24-21)27-17-11-8-15(9-12-17)20-13-10-16-5-3-4-14-25(16)20/h1-2,6-9,11-12,16,20H,3-5,10,13-14H2,(H,23,24,26)/t16-,20-/m1/s1. The number of aromatic nitrogens is 2. The third-order valence-electron chi connectivity index (χ3n) is 5.92. The van der Waals surface area contributed by atoms with Crippen molar-refractivity contribution in [3.05, 3.63) is 64.4 Å². The lowest BCUT2D eigenvalue weighted by molar-refractivity contribution is 0.150. The topological polar surface area (TPSA) is 49.0 Å². The monoisotopic (exact) mass is 377 g/mol. The van der Waals surface area contributed by atoms with Crippen LogP contribution in [0.25, 0.3) is 10.9 Å². The number of aromatic amines is 1. The molecule has 1 N–H and O–H groups in total. The van der Waals surface area contributed by atoms with Crippen LogP contribution in [0.3, 0.4) is 0 Å². The lowest BCUT2D eigenvalue weighted by Gasteiger charge is -2.34. The van der Waals surface area contributed by atoms with Gasteiger partial charge in [0.2, 0.25) is 0 Å². The quantitative estimate of drug-likeness (QED) is 0.668. The van der Waals surface area contributed by atoms with Crippen LogP contribution < -0.4 is 5.56 Å². The van der Waals surface area contributed by atoms with Crippen molar-refractivity contribution < 1.29 is 0 Å². The van der Waals surface area contributed by atoms with E-state index in [-0.39, 0.29) is 5.56 Å². The minimum atomic E-state index is -0.0817. The number of hydrogen-bond donors (Lipinski definition) is 1. The second-order valence-electron chi connectivity index (χ2n) is 7.54. The van der Waals surface area contributed by atoms with Crippen molar-refractivity contribution in [1.29, 1.82) is 0 Å². The highest BCUT2D eigenvalue weighted by atomic mass is 32.2. The van der Waals surface area contributed by atoms with Crippen LogP contribution in [0.5, 0.6) is 0 Å². The normalized spacial score (nSPS) is 22.8. The van der Waals surface area contributed by atoms with Crippen molar-refractivity contribution in [3.63, 3.8) is 0 Å². The van der Waals surface area contributed by atoms with Gasteiger partial charge in [-0.25, -0.2) is 4.98 Å². The molecule has 2 atom stereocenters. The predicted octanol–water partition coefficient (Wildman–Crippen LogP) is 4.76. The molecule has 3 aromatic rings. The van der Waals surface area contributed by atoms with Gasteiger partial charge in [-0.1, -0.05) is 42.4 Å². The lowest BCUT2D eigenvalue weighted by atomic mass is 10.0. The zero-order valence-corrected chi connectivity index (χ0v) is 16.0. The molecule has 2 saturated heterocycles. The fraction of sp³-hybridized carbons (Fsp3) is 0.364. The van der Waals surface area contributed by atoms with Gasteiger partial charge in [0.05, 0.1) is 10.9 Å². The molecule has 3 heterocycles. The maximum atomic E-state index is 12.2. The molecule has 0 saturated carbocycles. The van der Waals surface area contributed by atoms with Gasteiger partial charge >= 0.3 is 0 Å². The van der Waals surface area contributed by atoms with Crippen LogP contribution in [0.2, 0.25) is 0 Å². The fourth-order valence-corrected chi connectivity index (χ4v) is 5.38. The van der Waals surface area contributed by atoms with Crippen molar-refractivity contribution in [2.45, 2.75) is 54.2 Å². The Bertz CT molecular complexity index is 1010. The SMILES string of the molecule is O=c1[nH]c(Sc2ccc([C@H]3CC[C@H]4CCCCN43)cc2)nc2ccccc12. The van der Waals surface area contributed by atoms with Gasteiger partial charge in [0.1, 0.15) is 0 Å². The van der Waals surface area contributed by atoms with Gasteiger partial charge < -0.3 is 4.98 Å². The molecule has 2 aromatic carbocycles. The highest BCUT2D eigenvalue weighted by Crippen LogP contribution is 2.40. The summed E-state index contributed by atoms with van der Waals surface area (Å²) in [5, 5.41) is 1.28. The fourth-order valence-electron chi connectivity index (χ4n) is 4.60. The number of piperidine rings is 1. The second-order valence-corrected chi connectivity index (χ2v) is 8.60. The Kier molecular flexibility index (Phi) is 4.50. The molecular weight excluding hydrogens is 354 g/mol. The van der Waals surface area contributed by atoms with E-state index in [4.69, 9.17) is 0 Å². The third kappa shape index (κ3) is 3.30. The van der Waals surface area contributed by atoms with Crippen LogP contribution in [-0.4, -0.2) is 27.5 Å². The Morgan fingerprint density at radius 3 is 2.74 bits per heavy atom. The maximum Gasteiger partial charge on any atom is 0.259 e. The molecule has 0 aliphatic carbocycles. The molecule has 2 aliphatic rings. The van der Waals surface area contributed by atoms with E-state index >= 15 is 0 Å². The first-order chi connectivity index (χ1) is 13.3. The van der Waals surface area contributed by atoms with Crippen molar-refractivity contribution >= 4 is 22.7 Å². The summed E-state index contributed by atoms with van der Waals surface area (Å²) < 4.78 is 0. The molecule has 5 rings (SSSR count). The number of fused-ring (bicyclic) bond motifs is 2. The van der Waals surface area contributed by atoms with Gasteiger partial charge in [0.25, 0.3) is 5.56 Å². The zero-order valence-electron chi connectivity index (χ0n) is 15.2. The Hall–Kier alpha value is -2.11.